The predicted octanol–water partition coefficient (Wildman–Crippen LogP) is 2.27. The fraction of sp³-hybridized carbons (Fsp3) is 0.462. The summed E-state index contributed by atoms with van der Waals surface area (Å²) in [5.74, 6) is -0.722. The van der Waals surface area contributed by atoms with Gasteiger partial charge in [0.15, 0.2) is 0 Å². The Bertz CT molecular complexity index is 588. The Balaban J connectivity index is 3.16. The molecular weight excluding hydrogens is 299 g/mol. The Hall–Kier alpha value is -1.05. The van der Waals surface area contributed by atoms with Gasteiger partial charge in [0.25, 0.3) is 0 Å². The largest absolute Gasteiger partial charge is 0.389 e. The molecule has 0 unspecified atom stereocenters. The Kier molecular flexibility index (Phi) is 6.04. The molecule has 1 aromatic rings. The molecule has 0 amide bonds. The maximum absolute atomic E-state index is 13.8. The number of nitrogens with two attached hydrogens (primary N) is 1. The van der Waals surface area contributed by atoms with Gasteiger partial charge in [0.2, 0.25) is 10.0 Å². The quantitative estimate of drug-likeness (QED) is 0.619. The van der Waals surface area contributed by atoms with Gasteiger partial charge < -0.3 is 5.73 Å². The maximum Gasteiger partial charge on any atom is 0.243 e. The Morgan fingerprint density at radius 2 is 2.05 bits per heavy atom. The van der Waals surface area contributed by atoms with E-state index < -0.39 is 15.8 Å². The highest BCUT2D eigenvalue weighted by atomic mass is 32.2. The van der Waals surface area contributed by atoms with Crippen molar-refractivity contribution in [3.8, 4) is 0 Å². The molecule has 1 aromatic carbocycles. The van der Waals surface area contributed by atoms with E-state index in [0.29, 0.717) is 6.54 Å². The van der Waals surface area contributed by atoms with Crippen molar-refractivity contribution in [2.45, 2.75) is 31.1 Å². The molecule has 0 radical (unpaired) electrons. The number of sulfonamides is 1. The van der Waals surface area contributed by atoms with Crippen LogP contribution in [0.4, 0.5) is 4.39 Å². The zero-order valence-corrected chi connectivity index (χ0v) is 13.2. The van der Waals surface area contributed by atoms with Gasteiger partial charge in [0, 0.05) is 13.6 Å². The summed E-state index contributed by atoms with van der Waals surface area (Å²) >= 11 is 4.75. The third-order valence-electron chi connectivity index (χ3n) is 2.99. The summed E-state index contributed by atoms with van der Waals surface area (Å²) in [5, 5.41) is 0. The summed E-state index contributed by atoms with van der Waals surface area (Å²) in [6.45, 7) is 2.41. The second-order valence-corrected chi connectivity index (χ2v) is 6.96. The van der Waals surface area contributed by atoms with Crippen molar-refractivity contribution in [1.82, 2.24) is 4.31 Å². The highest BCUT2D eigenvalue weighted by Crippen LogP contribution is 2.22. The fourth-order valence-corrected chi connectivity index (χ4v) is 3.52. The lowest BCUT2D eigenvalue weighted by atomic mass is 10.2. The number of rotatable bonds is 7. The molecule has 112 valence electrons. The van der Waals surface area contributed by atoms with E-state index in [0.717, 1.165) is 25.3 Å². The molecule has 2 N–H and O–H groups in total. The van der Waals surface area contributed by atoms with Crippen LogP contribution in [0.3, 0.4) is 0 Å². The molecule has 0 fully saturated rings. The molecule has 20 heavy (non-hydrogen) atoms. The van der Waals surface area contributed by atoms with Crippen LogP contribution < -0.4 is 5.73 Å². The molecule has 0 saturated carbocycles. The van der Waals surface area contributed by atoms with Crippen LogP contribution in [0.25, 0.3) is 0 Å². The average molecular weight is 318 g/mol. The molecule has 0 atom stereocenters. The zero-order chi connectivity index (χ0) is 15.3. The number of hydrogen-bond acceptors (Lipinski definition) is 3. The van der Waals surface area contributed by atoms with Gasteiger partial charge in [-0.2, -0.15) is 0 Å². The van der Waals surface area contributed by atoms with E-state index in [2.05, 4.69) is 0 Å². The molecule has 0 aromatic heterocycles. The van der Waals surface area contributed by atoms with Crippen molar-refractivity contribution in [1.29, 1.82) is 0 Å². The second kappa shape index (κ2) is 7.10. The van der Waals surface area contributed by atoms with Gasteiger partial charge in [-0.3, -0.25) is 0 Å². The number of nitrogens with zero attached hydrogens (tertiary/aromatic N) is 1. The van der Waals surface area contributed by atoms with Gasteiger partial charge in [-0.05, 0) is 18.6 Å². The maximum atomic E-state index is 13.8. The lowest BCUT2D eigenvalue weighted by Gasteiger charge is -2.19. The van der Waals surface area contributed by atoms with Crippen LogP contribution in [0.1, 0.15) is 31.7 Å². The molecule has 4 nitrogen and oxygen atoms in total. The zero-order valence-electron chi connectivity index (χ0n) is 11.6. The highest BCUT2D eigenvalue weighted by Gasteiger charge is 2.26. The number of benzene rings is 1. The standard InChI is InChI=1S/C13H19FN2O2S2/c1-3-4-5-9-16(2)20(17,18)11-8-6-7-10(14)12(11)13(15)19/h6-8H,3-5,9H2,1-2H3,(H2,15,19). The van der Waals surface area contributed by atoms with E-state index in [4.69, 9.17) is 18.0 Å². The first kappa shape index (κ1) is 17.0. The van der Waals surface area contributed by atoms with Crippen LogP contribution >= 0.6 is 12.2 Å². The minimum Gasteiger partial charge on any atom is -0.389 e. The molecule has 0 aliphatic carbocycles. The van der Waals surface area contributed by atoms with Gasteiger partial charge in [-0.15, -0.1) is 0 Å². The highest BCUT2D eigenvalue weighted by molar-refractivity contribution is 7.89. The summed E-state index contributed by atoms with van der Waals surface area (Å²) in [4.78, 5) is -0.437. The van der Waals surface area contributed by atoms with Gasteiger partial charge in [-0.25, -0.2) is 17.1 Å². The van der Waals surface area contributed by atoms with Crippen LogP contribution in [-0.4, -0.2) is 31.3 Å². The van der Waals surface area contributed by atoms with Crippen LogP contribution in [0.2, 0.25) is 0 Å². The SMILES string of the molecule is CCCCCN(C)S(=O)(=O)c1cccc(F)c1C(N)=S. The monoisotopic (exact) mass is 318 g/mol. The molecule has 7 heteroatoms. The fourth-order valence-electron chi connectivity index (χ4n) is 1.83. The minimum absolute atomic E-state index is 0.177. The van der Waals surface area contributed by atoms with Gasteiger partial charge >= 0.3 is 0 Å². The molecule has 0 heterocycles. The average Bonchev–Trinajstić information content (AvgIpc) is 2.38. The second-order valence-electron chi connectivity index (χ2n) is 4.51. The van der Waals surface area contributed by atoms with Crippen molar-refractivity contribution < 1.29 is 12.8 Å². The molecule has 0 spiro atoms. The van der Waals surface area contributed by atoms with Crippen molar-refractivity contribution in [3.63, 3.8) is 0 Å². The van der Waals surface area contributed by atoms with Gasteiger partial charge in [0.1, 0.15) is 10.8 Å². The summed E-state index contributed by atoms with van der Waals surface area (Å²) in [6, 6.07) is 3.80. The molecule has 1 rings (SSSR count). The number of hydrogen-bond donors (Lipinski definition) is 1. The smallest absolute Gasteiger partial charge is 0.243 e. The third kappa shape index (κ3) is 3.74. The summed E-state index contributed by atoms with van der Waals surface area (Å²) in [5.41, 5.74) is 5.22. The summed E-state index contributed by atoms with van der Waals surface area (Å²) < 4.78 is 39.9. The minimum atomic E-state index is -3.79. The topological polar surface area (TPSA) is 63.4 Å². The van der Waals surface area contributed by atoms with E-state index in [9.17, 15) is 12.8 Å². The lowest BCUT2D eigenvalue weighted by Crippen LogP contribution is -2.30. The molecule has 0 aliphatic heterocycles. The van der Waals surface area contributed by atoms with Gasteiger partial charge in [0.05, 0.1) is 10.5 Å². The molecule has 0 bridgehead atoms. The first-order valence-corrected chi connectivity index (χ1v) is 8.21. The molecule has 0 aliphatic rings. The van der Waals surface area contributed by atoms with Crippen molar-refractivity contribution in [2.24, 2.45) is 5.73 Å². The number of halogens is 1. The lowest BCUT2D eigenvalue weighted by molar-refractivity contribution is 0.453. The molecular formula is C13H19FN2O2S2. The van der Waals surface area contributed by atoms with Crippen LogP contribution in [0.15, 0.2) is 23.1 Å². The van der Waals surface area contributed by atoms with Crippen molar-refractivity contribution >= 4 is 27.2 Å². The van der Waals surface area contributed by atoms with Crippen LogP contribution in [0.5, 0.6) is 0 Å². The number of unbranched alkanes of at least 4 members (excludes halogenated alkanes) is 2. The van der Waals surface area contributed by atoms with E-state index in [1.165, 1.54) is 23.5 Å². The Labute approximate surface area is 124 Å². The van der Waals surface area contributed by atoms with Crippen LogP contribution in [-0.2, 0) is 10.0 Å². The predicted molar refractivity (Wildman–Crippen MR) is 81.6 cm³/mol. The summed E-state index contributed by atoms with van der Waals surface area (Å²) in [7, 11) is -2.32. The first-order valence-electron chi connectivity index (χ1n) is 6.37. The molecule has 0 saturated heterocycles. The van der Waals surface area contributed by atoms with Crippen molar-refractivity contribution in [2.75, 3.05) is 13.6 Å². The van der Waals surface area contributed by atoms with Gasteiger partial charge in [-0.1, -0.05) is 38.0 Å². The first-order chi connectivity index (χ1) is 9.32. The van der Waals surface area contributed by atoms with Crippen LogP contribution in [0, 0.1) is 5.82 Å². The van der Waals surface area contributed by atoms with E-state index in [-0.39, 0.29) is 15.4 Å². The Morgan fingerprint density at radius 3 is 2.60 bits per heavy atom. The van der Waals surface area contributed by atoms with E-state index >= 15 is 0 Å². The van der Waals surface area contributed by atoms with E-state index in [1.807, 2.05) is 6.92 Å². The van der Waals surface area contributed by atoms with E-state index in [1.54, 1.807) is 0 Å². The Morgan fingerprint density at radius 1 is 1.40 bits per heavy atom. The normalized spacial score (nSPS) is 11.8. The summed E-state index contributed by atoms with van der Waals surface area (Å²) in [6.07, 6.45) is 2.68. The third-order valence-corrected chi connectivity index (χ3v) is 5.09. The van der Waals surface area contributed by atoms with Crippen molar-refractivity contribution in [3.05, 3.63) is 29.6 Å². The number of thiocarbonyl (C=S) groups is 1.